The van der Waals surface area contributed by atoms with Gasteiger partial charge in [-0.1, -0.05) is 72.8 Å². The van der Waals surface area contributed by atoms with Crippen LogP contribution in [0.15, 0.2) is 170 Å². The summed E-state index contributed by atoms with van der Waals surface area (Å²) in [5.41, 5.74) is 0. The summed E-state index contributed by atoms with van der Waals surface area (Å²) >= 11 is 0. The molecule has 0 fully saturated rings. The molecule has 0 amide bonds. The Balaban J connectivity index is 1.34. The maximum Gasteiger partial charge on any atom is 0.308 e. The summed E-state index contributed by atoms with van der Waals surface area (Å²) in [5, 5.41) is 7.46. The van der Waals surface area contributed by atoms with Gasteiger partial charge >= 0.3 is 11.9 Å². The number of benzene rings is 6. The molecule has 7 heteroatoms. The summed E-state index contributed by atoms with van der Waals surface area (Å²) in [6.07, 6.45) is 1.60. The fraction of sp³-hybridized carbons (Fsp3) is 0.136. The zero-order valence-electron chi connectivity index (χ0n) is 28.9. The van der Waals surface area contributed by atoms with Gasteiger partial charge in [0.15, 0.2) is 0 Å². The minimum Gasteiger partial charge on any atom is -0.427 e. The summed E-state index contributed by atoms with van der Waals surface area (Å²) in [6.45, 7) is 3.94. The van der Waals surface area contributed by atoms with Gasteiger partial charge in [0.05, 0.1) is 25.5 Å². The molecule has 256 valence electrons. The van der Waals surface area contributed by atoms with E-state index in [4.69, 9.17) is 14.2 Å². The Morgan fingerprint density at radius 3 is 0.902 bits per heavy atom. The first-order valence-electron chi connectivity index (χ1n) is 17.1. The number of esters is 2. The second kappa shape index (κ2) is 16.9. The van der Waals surface area contributed by atoms with E-state index in [1.807, 2.05) is 24.3 Å². The van der Waals surface area contributed by atoms with Gasteiger partial charge < -0.3 is 14.2 Å². The number of carbonyl (C=O) groups is 2. The van der Waals surface area contributed by atoms with E-state index in [1.54, 1.807) is 0 Å². The van der Waals surface area contributed by atoms with Crippen LogP contribution in [0.25, 0.3) is 0 Å². The second-order valence-corrected chi connectivity index (χ2v) is 19.4. The van der Waals surface area contributed by atoms with E-state index < -0.39 is 14.5 Å². The molecule has 0 atom stereocenters. The molecule has 0 aromatic heterocycles. The summed E-state index contributed by atoms with van der Waals surface area (Å²) in [6, 6.07) is 58.8. The lowest BCUT2D eigenvalue weighted by atomic mass is 10.3. The molecule has 51 heavy (non-hydrogen) atoms. The number of hydrogen-bond acceptors (Lipinski definition) is 5. The van der Waals surface area contributed by atoms with Crippen LogP contribution in [0.5, 0.6) is 11.5 Å². The minimum atomic E-state index is -2.18. The van der Waals surface area contributed by atoms with E-state index in [9.17, 15) is 9.59 Å². The van der Waals surface area contributed by atoms with Crippen molar-refractivity contribution in [2.75, 3.05) is 25.5 Å². The highest BCUT2D eigenvalue weighted by Gasteiger charge is 2.47. The third-order valence-electron chi connectivity index (χ3n) is 9.01. The van der Waals surface area contributed by atoms with Gasteiger partial charge in [-0.15, -0.1) is 0 Å². The molecule has 0 saturated carbocycles. The summed E-state index contributed by atoms with van der Waals surface area (Å²) in [7, 11) is -4.35. The molecule has 0 aliphatic rings. The Labute approximate surface area is 301 Å². The normalized spacial score (nSPS) is 11.5. The lowest BCUT2D eigenvalue weighted by Crippen LogP contribution is -2.36. The standard InChI is InChI=1S/C44H42O5P2/c1-35(45)48-37-23-27-43(28-24-37)50(39-15-7-3-8-16-39,40-17-9-4-10-18-40)33-31-47-32-34-51(41-19-11-5-12-20-41,42-21-13-6-14-22-42)44-29-25-38(26-30-44)49-36(2)46/h3-30H,31-34H2,1-2H3/q+2. The Hall–Kier alpha value is -4.92. The maximum absolute atomic E-state index is 11.7. The third-order valence-corrected chi connectivity index (χ3v) is 17.8. The van der Waals surface area contributed by atoms with Crippen LogP contribution >= 0.6 is 14.5 Å². The fourth-order valence-electron chi connectivity index (χ4n) is 6.77. The van der Waals surface area contributed by atoms with Gasteiger partial charge in [-0.25, -0.2) is 0 Å². The first-order valence-corrected chi connectivity index (χ1v) is 21.0. The molecule has 0 aliphatic heterocycles. The summed E-state index contributed by atoms with van der Waals surface area (Å²) < 4.78 is 17.5. The maximum atomic E-state index is 11.7. The van der Waals surface area contributed by atoms with Crippen LogP contribution in [-0.2, 0) is 14.3 Å². The minimum absolute atomic E-state index is 0.339. The molecule has 6 aromatic carbocycles. The highest BCUT2D eigenvalue weighted by atomic mass is 31.2. The monoisotopic (exact) mass is 712 g/mol. The van der Waals surface area contributed by atoms with Crippen LogP contribution in [-0.4, -0.2) is 37.5 Å². The molecular formula is C44H42O5P2+2. The van der Waals surface area contributed by atoms with E-state index in [1.165, 1.54) is 45.7 Å². The Kier molecular flexibility index (Phi) is 11.9. The van der Waals surface area contributed by atoms with Crippen molar-refractivity contribution < 1.29 is 23.8 Å². The van der Waals surface area contributed by atoms with Crippen molar-refractivity contribution in [2.45, 2.75) is 13.8 Å². The number of hydrogen-bond donors (Lipinski definition) is 0. The van der Waals surface area contributed by atoms with Gasteiger partial charge in [0, 0.05) is 13.8 Å². The molecular weight excluding hydrogens is 670 g/mol. The van der Waals surface area contributed by atoms with Crippen molar-refractivity contribution in [1.29, 1.82) is 0 Å². The van der Waals surface area contributed by atoms with Crippen molar-refractivity contribution in [3.05, 3.63) is 170 Å². The van der Waals surface area contributed by atoms with Crippen LogP contribution in [0.2, 0.25) is 0 Å². The molecule has 0 bridgehead atoms. The molecule has 6 aromatic rings. The lowest BCUT2D eigenvalue weighted by Gasteiger charge is -2.29. The molecule has 0 aliphatic carbocycles. The fourth-order valence-corrected chi connectivity index (χ4v) is 15.0. The predicted molar refractivity (Wildman–Crippen MR) is 213 cm³/mol. The zero-order valence-corrected chi connectivity index (χ0v) is 30.7. The van der Waals surface area contributed by atoms with Crippen LogP contribution < -0.4 is 41.3 Å². The second-order valence-electron chi connectivity index (χ2n) is 12.2. The van der Waals surface area contributed by atoms with Gasteiger partial charge in [-0.2, -0.15) is 0 Å². The number of rotatable bonds is 14. The Morgan fingerprint density at radius 2 is 0.647 bits per heavy atom. The van der Waals surface area contributed by atoms with E-state index in [2.05, 4.69) is 146 Å². The Morgan fingerprint density at radius 1 is 0.392 bits per heavy atom. The van der Waals surface area contributed by atoms with Gasteiger partial charge in [0.2, 0.25) is 0 Å². The van der Waals surface area contributed by atoms with Crippen molar-refractivity contribution in [1.82, 2.24) is 0 Å². The van der Waals surface area contributed by atoms with Crippen LogP contribution in [0.4, 0.5) is 0 Å². The average Bonchev–Trinajstić information content (AvgIpc) is 3.17. The highest BCUT2D eigenvalue weighted by Crippen LogP contribution is 2.56. The van der Waals surface area contributed by atoms with Crippen LogP contribution in [0, 0.1) is 0 Å². The zero-order chi connectivity index (χ0) is 35.5. The van der Waals surface area contributed by atoms with Crippen LogP contribution in [0.3, 0.4) is 0 Å². The Bertz CT molecular complexity index is 1770. The van der Waals surface area contributed by atoms with E-state index in [0.29, 0.717) is 24.7 Å². The largest absolute Gasteiger partial charge is 0.427 e. The van der Waals surface area contributed by atoms with E-state index in [0.717, 1.165) is 12.3 Å². The number of carbonyl (C=O) groups excluding carboxylic acids is 2. The molecule has 0 N–H and O–H groups in total. The quantitative estimate of drug-likeness (QED) is 0.0536. The molecule has 0 spiro atoms. The molecule has 6 rings (SSSR count). The van der Waals surface area contributed by atoms with Gasteiger partial charge in [-0.05, 0) is 97.1 Å². The number of ether oxygens (including phenoxy) is 3. The summed E-state index contributed by atoms with van der Waals surface area (Å²) in [4.78, 5) is 23.4. The smallest absolute Gasteiger partial charge is 0.308 e. The van der Waals surface area contributed by atoms with Crippen LogP contribution in [0.1, 0.15) is 13.8 Å². The van der Waals surface area contributed by atoms with Gasteiger partial charge in [0.1, 0.15) is 57.9 Å². The van der Waals surface area contributed by atoms with Crippen molar-refractivity contribution in [2.24, 2.45) is 0 Å². The van der Waals surface area contributed by atoms with Crippen molar-refractivity contribution in [3.63, 3.8) is 0 Å². The third kappa shape index (κ3) is 8.19. The van der Waals surface area contributed by atoms with Crippen molar-refractivity contribution in [3.8, 4) is 11.5 Å². The molecule has 0 heterocycles. The lowest BCUT2D eigenvalue weighted by molar-refractivity contribution is -0.132. The van der Waals surface area contributed by atoms with Crippen molar-refractivity contribution >= 4 is 58.3 Å². The first kappa shape index (κ1) is 35.9. The summed E-state index contributed by atoms with van der Waals surface area (Å²) in [5.74, 6) is 0.386. The average molecular weight is 713 g/mol. The van der Waals surface area contributed by atoms with E-state index in [-0.39, 0.29) is 11.9 Å². The molecule has 0 unspecified atom stereocenters. The first-order chi connectivity index (χ1) is 24.9. The van der Waals surface area contributed by atoms with Gasteiger partial charge in [-0.3, -0.25) is 9.59 Å². The molecule has 0 saturated heterocycles. The SMILES string of the molecule is CC(=O)Oc1ccc([P+](CCOCC[P+](c2ccccc2)(c2ccccc2)c2ccc(OC(C)=O)cc2)(c2ccccc2)c2ccccc2)cc1. The predicted octanol–water partition coefficient (Wildman–Crippen LogP) is 6.84. The molecule has 5 nitrogen and oxygen atoms in total. The topological polar surface area (TPSA) is 61.8 Å². The van der Waals surface area contributed by atoms with E-state index >= 15 is 0 Å². The van der Waals surface area contributed by atoms with Gasteiger partial charge in [0.25, 0.3) is 0 Å². The molecule has 0 radical (unpaired) electrons. The highest BCUT2D eigenvalue weighted by molar-refractivity contribution is 7.96.